The number of nitroso groups, excluding NO2 is 1. The fraction of sp³-hybridized carbons (Fsp3) is 0.360. The molecule has 0 saturated heterocycles. The third-order valence-corrected chi connectivity index (χ3v) is 4.42. The largest absolute Gasteiger partial charge is 0.489 e. The van der Waals surface area contributed by atoms with Crippen LogP contribution in [0.1, 0.15) is 32.3 Å². The summed E-state index contributed by atoms with van der Waals surface area (Å²) in [5, 5.41) is 2.85. The Labute approximate surface area is 203 Å². The van der Waals surface area contributed by atoms with Crippen LogP contribution in [0.4, 0.5) is 5.69 Å². The van der Waals surface area contributed by atoms with E-state index in [4.69, 9.17) is 30.1 Å². The quantitative estimate of drug-likeness (QED) is 0.167. The molecule has 0 aliphatic rings. The van der Waals surface area contributed by atoms with Gasteiger partial charge in [-0.05, 0) is 41.6 Å². The monoisotopic (exact) mass is 485 g/mol. The predicted octanol–water partition coefficient (Wildman–Crippen LogP) is 4.26. The van der Waals surface area contributed by atoms with Crippen LogP contribution >= 0.6 is 0 Å². The van der Waals surface area contributed by atoms with Crippen LogP contribution in [-0.4, -0.2) is 38.2 Å². The Morgan fingerprint density at radius 2 is 1.80 bits per heavy atom. The van der Waals surface area contributed by atoms with Gasteiger partial charge in [-0.3, -0.25) is 9.53 Å². The summed E-state index contributed by atoms with van der Waals surface area (Å²) >= 11 is 0. The maximum atomic E-state index is 11.9. The van der Waals surface area contributed by atoms with Gasteiger partial charge in [0.15, 0.2) is 0 Å². The second-order valence-electron chi connectivity index (χ2n) is 7.07. The number of nitrogens with zero attached hydrogens (tertiary/aromatic N) is 1. The van der Waals surface area contributed by atoms with E-state index >= 15 is 0 Å². The zero-order valence-electron chi connectivity index (χ0n) is 19.7. The Morgan fingerprint density at radius 1 is 1.09 bits per heavy atom. The van der Waals surface area contributed by atoms with Gasteiger partial charge in [0.1, 0.15) is 36.1 Å². The molecular formula is C25H27NO9. The molecule has 0 spiro atoms. The Hall–Kier alpha value is -4.10. The Kier molecular flexibility index (Phi) is 11.0. The second-order valence-corrected chi connectivity index (χ2v) is 7.07. The van der Waals surface area contributed by atoms with Crippen LogP contribution in [0.2, 0.25) is 0 Å². The molecule has 0 N–H and O–H groups in total. The minimum absolute atomic E-state index is 0.0158. The maximum Gasteiger partial charge on any atom is 0.376 e. The van der Waals surface area contributed by atoms with Gasteiger partial charge in [0.05, 0.1) is 7.11 Å². The van der Waals surface area contributed by atoms with Crippen molar-refractivity contribution in [2.75, 3.05) is 13.7 Å². The summed E-state index contributed by atoms with van der Waals surface area (Å²) in [7, 11) is 1.15. The van der Waals surface area contributed by atoms with Crippen LogP contribution in [0.3, 0.4) is 0 Å². The number of hydrogen-bond donors (Lipinski definition) is 0. The first-order valence-electron chi connectivity index (χ1n) is 10.7. The summed E-state index contributed by atoms with van der Waals surface area (Å²) in [6.45, 7) is 3.22. The van der Waals surface area contributed by atoms with E-state index in [1.165, 1.54) is 0 Å². The van der Waals surface area contributed by atoms with Crippen molar-refractivity contribution in [1.82, 2.24) is 0 Å². The molecule has 0 aromatic heterocycles. The molecule has 2 aromatic rings. The molecule has 186 valence electrons. The number of benzene rings is 2. The minimum atomic E-state index is -1.57. The minimum Gasteiger partial charge on any atom is -0.489 e. The highest BCUT2D eigenvalue weighted by molar-refractivity contribution is 5.77. The first kappa shape index (κ1) is 27.1. The van der Waals surface area contributed by atoms with Crippen LogP contribution in [0.15, 0.2) is 47.6 Å². The van der Waals surface area contributed by atoms with Crippen molar-refractivity contribution < 1.29 is 38.0 Å². The van der Waals surface area contributed by atoms with E-state index in [9.17, 15) is 14.5 Å². The Morgan fingerprint density at radius 3 is 2.40 bits per heavy atom. The summed E-state index contributed by atoms with van der Waals surface area (Å²) in [5.74, 6) is 2.16. The lowest BCUT2D eigenvalue weighted by Crippen LogP contribution is -2.36. The van der Waals surface area contributed by atoms with E-state index in [2.05, 4.69) is 15.8 Å². The van der Waals surface area contributed by atoms with Gasteiger partial charge in [0, 0.05) is 25.0 Å². The summed E-state index contributed by atoms with van der Waals surface area (Å²) < 4.78 is 32.4. The number of methoxy groups -OCH3 is 1. The van der Waals surface area contributed by atoms with Crippen LogP contribution in [0.25, 0.3) is 0 Å². The average molecular weight is 485 g/mol. The third-order valence-electron chi connectivity index (χ3n) is 4.42. The number of carbonyl (C=O) groups is 2. The number of esters is 2. The van der Waals surface area contributed by atoms with Crippen molar-refractivity contribution in [2.24, 2.45) is 5.18 Å². The van der Waals surface area contributed by atoms with E-state index < -0.39 is 24.5 Å². The summed E-state index contributed by atoms with van der Waals surface area (Å²) in [6.07, 6.45) is 3.90. The zero-order valence-corrected chi connectivity index (χ0v) is 19.7. The van der Waals surface area contributed by atoms with Crippen molar-refractivity contribution in [3.8, 4) is 29.6 Å². The van der Waals surface area contributed by atoms with Gasteiger partial charge >= 0.3 is 18.2 Å². The van der Waals surface area contributed by atoms with E-state index in [1.807, 2.05) is 6.92 Å². The SMILES string of the molecule is C#CCOc1cc(OC(CCC)OC(OC(C)=O)C(=O)OC)ccc1COc1ccc(N=O)cc1. The lowest BCUT2D eigenvalue weighted by molar-refractivity contribution is -0.229. The summed E-state index contributed by atoms with van der Waals surface area (Å²) in [5.41, 5.74) is 0.981. The van der Waals surface area contributed by atoms with Crippen LogP contribution < -0.4 is 14.2 Å². The maximum absolute atomic E-state index is 11.9. The summed E-state index contributed by atoms with van der Waals surface area (Å²) in [6, 6.07) is 11.4. The van der Waals surface area contributed by atoms with Gasteiger partial charge < -0.3 is 23.7 Å². The number of ether oxygens (including phenoxy) is 6. The molecule has 0 amide bonds. The molecule has 2 unspecified atom stereocenters. The van der Waals surface area contributed by atoms with Gasteiger partial charge in [-0.1, -0.05) is 19.3 Å². The molecule has 35 heavy (non-hydrogen) atoms. The van der Waals surface area contributed by atoms with Crippen molar-refractivity contribution >= 4 is 17.6 Å². The molecule has 0 aliphatic carbocycles. The van der Waals surface area contributed by atoms with Crippen molar-refractivity contribution in [3.05, 3.63) is 52.9 Å². The van der Waals surface area contributed by atoms with Crippen LogP contribution in [0.5, 0.6) is 17.2 Å². The van der Waals surface area contributed by atoms with E-state index in [-0.39, 0.29) is 13.2 Å². The van der Waals surface area contributed by atoms with Crippen molar-refractivity contribution in [3.63, 3.8) is 0 Å². The van der Waals surface area contributed by atoms with Gasteiger partial charge in [-0.15, -0.1) is 11.3 Å². The predicted molar refractivity (Wildman–Crippen MR) is 125 cm³/mol. The highest BCUT2D eigenvalue weighted by atomic mass is 16.8. The van der Waals surface area contributed by atoms with Gasteiger partial charge in [-0.25, -0.2) is 4.79 Å². The van der Waals surface area contributed by atoms with Crippen molar-refractivity contribution in [2.45, 2.75) is 45.9 Å². The number of carbonyl (C=O) groups excluding carboxylic acids is 2. The van der Waals surface area contributed by atoms with E-state index in [0.717, 1.165) is 14.0 Å². The first-order valence-corrected chi connectivity index (χ1v) is 10.7. The third kappa shape index (κ3) is 8.98. The fourth-order valence-corrected chi connectivity index (χ4v) is 2.80. The Bertz CT molecular complexity index is 1030. The molecule has 0 radical (unpaired) electrons. The highest BCUT2D eigenvalue weighted by Crippen LogP contribution is 2.28. The van der Waals surface area contributed by atoms with Gasteiger partial charge in [-0.2, -0.15) is 0 Å². The molecule has 2 atom stereocenters. The highest BCUT2D eigenvalue weighted by Gasteiger charge is 2.28. The van der Waals surface area contributed by atoms with E-state index in [1.54, 1.807) is 42.5 Å². The molecular weight excluding hydrogens is 458 g/mol. The molecule has 0 fully saturated rings. The molecule has 0 saturated carbocycles. The standard InChI is InChI=1S/C25H27NO9/c1-5-7-23(35-25(24(28)30-4)33-17(3)27)34-21-11-8-18(22(15-21)31-14-6-2)16-32-20-12-9-19(26-29)10-13-20/h2,8-13,15,23,25H,5,7,14,16H2,1,3-4H3. The molecule has 10 nitrogen and oxygen atoms in total. The molecule has 0 bridgehead atoms. The lowest BCUT2D eigenvalue weighted by atomic mass is 10.2. The normalized spacial score (nSPS) is 11.9. The number of hydrogen-bond acceptors (Lipinski definition) is 10. The molecule has 0 heterocycles. The molecule has 0 aliphatic heterocycles. The van der Waals surface area contributed by atoms with Gasteiger partial charge in [0.25, 0.3) is 0 Å². The molecule has 2 rings (SSSR count). The topological polar surface area (TPSA) is 119 Å². The van der Waals surface area contributed by atoms with Crippen LogP contribution in [0, 0.1) is 17.3 Å². The van der Waals surface area contributed by atoms with Gasteiger partial charge in [0.2, 0.25) is 6.29 Å². The molecule has 2 aromatic carbocycles. The van der Waals surface area contributed by atoms with Crippen molar-refractivity contribution in [1.29, 1.82) is 0 Å². The number of rotatable bonds is 14. The Balaban J connectivity index is 2.17. The smallest absolute Gasteiger partial charge is 0.376 e. The molecule has 10 heteroatoms. The second kappa shape index (κ2) is 14.2. The number of terminal acetylenes is 1. The van der Waals surface area contributed by atoms with E-state index in [0.29, 0.717) is 41.3 Å². The summed E-state index contributed by atoms with van der Waals surface area (Å²) in [4.78, 5) is 33.8. The first-order chi connectivity index (χ1) is 16.9. The zero-order chi connectivity index (χ0) is 25.6. The average Bonchev–Trinajstić information content (AvgIpc) is 2.86. The lowest BCUT2D eigenvalue weighted by Gasteiger charge is -2.24. The van der Waals surface area contributed by atoms with Crippen LogP contribution in [-0.2, 0) is 30.4 Å². The fourth-order valence-electron chi connectivity index (χ4n) is 2.80.